The third-order valence-corrected chi connectivity index (χ3v) is 4.38. The molecule has 1 aliphatic rings. The number of carboxylic acids is 1. The molecule has 1 aromatic carbocycles. The molecule has 4 heteroatoms. The Kier molecular flexibility index (Phi) is 6.05. The summed E-state index contributed by atoms with van der Waals surface area (Å²) in [5.74, 6) is 0.792. The van der Waals surface area contributed by atoms with Crippen molar-refractivity contribution in [3.05, 3.63) is 29.8 Å². The molecule has 21 heavy (non-hydrogen) atoms. The predicted octanol–water partition coefficient (Wildman–Crippen LogP) is 2.72. The van der Waals surface area contributed by atoms with E-state index in [0.29, 0.717) is 5.92 Å². The zero-order valence-corrected chi connectivity index (χ0v) is 12.7. The summed E-state index contributed by atoms with van der Waals surface area (Å²) in [7, 11) is 1.68. The first-order valence-electron chi connectivity index (χ1n) is 7.75. The molecule has 0 spiro atoms. The standard InChI is InChI=1S/C17H25NO3/c1-21-16-8-4-13(5-9-16)10-11-18-12-14-2-6-15(7-3-14)17(19)20/h4-5,8-9,14-15,18H,2-3,6-7,10-12H2,1H3,(H,19,20). The molecule has 1 fully saturated rings. The van der Waals surface area contributed by atoms with Gasteiger partial charge in [-0.3, -0.25) is 4.79 Å². The van der Waals surface area contributed by atoms with E-state index in [1.807, 2.05) is 12.1 Å². The summed E-state index contributed by atoms with van der Waals surface area (Å²) in [4.78, 5) is 10.9. The van der Waals surface area contributed by atoms with Gasteiger partial charge in [-0.25, -0.2) is 0 Å². The SMILES string of the molecule is COc1ccc(CCNCC2CCC(C(=O)O)CC2)cc1. The Morgan fingerprint density at radius 2 is 1.90 bits per heavy atom. The zero-order valence-electron chi connectivity index (χ0n) is 12.7. The van der Waals surface area contributed by atoms with E-state index >= 15 is 0 Å². The molecular weight excluding hydrogens is 266 g/mol. The van der Waals surface area contributed by atoms with Crippen molar-refractivity contribution in [3.8, 4) is 5.75 Å². The highest BCUT2D eigenvalue weighted by Gasteiger charge is 2.25. The van der Waals surface area contributed by atoms with E-state index in [2.05, 4.69) is 17.4 Å². The highest BCUT2D eigenvalue weighted by atomic mass is 16.5. The van der Waals surface area contributed by atoms with Crippen LogP contribution in [0.2, 0.25) is 0 Å². The van der Waals surface area contributed by atoms with Crippen LogP contribution in [0.25, 0.3) is 0 Å². The Hall–Kier alpha value is -1.55. The smallest absolute Gasteiger partial charge is 0.306 e. The predicted molar refractivity (Wildman–Crippen MR) is 82.7 cm³/mol. The second-order valence-corrected chi connectivity index (χ2v) is 5.86. The van der Waals surface area contributed by atoms with Crippen LogP contribution < -0.4 is 10.1 Å². The van der Waals surface area contributed by atoms with Crippen molar-refractivity contribution in [1.29, 1.82) is 0 Å². The van der Waals surface area contributed by atoms with E-state index in [0.717, 1.165) is 50.9 Å². The zero-order chi connectivity index (χ0) is 15.1. The number of carbonyl (C=O) groups is 1. The molecule has 116 valence electrons. The second kappa shape index (κ2) is 8.03. The van der Waals surface area contributed by atoms with Crippen LogP contribution >= 0.6 is 0 Å². The molecule has 0 aromatic heterocycles. The van der Waals surface area contributed by atoms with Crippen LogP contribution in [0.3, 0.4) is 0 Å². The molecule has 0 atom stereocenters. The van der Waals surface area contributed by atoms with Crippen LogP contribution in [0.15, 0.2) is 24.3 Å². The minimum atomic E-state index is -0.624. The number of hydrogen-bond donors (Lipinski definition) is 2. The average molecular weight is 291 g/mol. The molecule has 1 saturated carbocycles. The third-order valence-electron chi connectivity index (χ3n) is 4.38. The maximum absolute atomic E-state index is 10.9. The van der Waals surface area contributed by atoms with Gasteiger partial charge >= 0.3 is 5.97 Å². The van der Waals surface area contributed by atoms with E-state index < -0.39 is 5.97 Å². The van der Waals surface area contributed by atoms with Gasteiger partial charge in [-0.05, 0) is 68.8 Å². The number of carboxylic acid groups (broad SMARTS) is 1. The lowest BCUT2D eigenvalue weighted by atomic mass is 9.82. The molecule has 2 rings (SSSR count). The molecule has 1 aliphatic carbocycles. The first kappa shape index (κ1) is 15.8. The Labute approximate surface area is 126 Å². The van der Waals surface area contributed by atoms with Crippen molar-refractivity contribution >= 4 is 5.97 Å². The maximum Gasteiger partial charge on any atom is 0.306 e. The fourth-order valence-electron chi connectivity index (χ4n) is 2.94. The maximum atomic E-state index is 10.9. The summed E-state index contributed by atoms with van der Waals surface area (Å²) in [6.07, 6.45) is 4.74. The minimum Gasteiger partial charge on any atom is -0.497 e. The average Bonchev–Trinajstić information content (AvgIpc) is 2.52. The molecule has 0 unspecified atom stereocenters. The third kappa shape index (κ3) is 5.05. The van der Waals surface area contributed by atoms with E-state index in [-0.39, 0.29) is 5.92 Å². The van der Waals surface area contributed by atoms with Crippen LogP contribution in [0.1, 0.15) is 31.2 Å². The fourth-order valence-corrected chi connectivity index (χ4v) is 2.94. The highest BCUT2D eigenvalue weighted by Crippen LogP contribution is 2.28. The molecule has 0 radical (unpaired) electrons. The topological polar surface area (TPSA) is 58.6 Å². The monoisotopic (exact) mass is 291 g/mol. The summed E-state index contributed by atoms with van der Waals surface area (Å²) in [5, 5.41) is 12.5. The van der Waals surface area contributed by atoms with Crippen LogP contribution in [0, 0.1) is 11.8 Å². The Balaban J connectivity index is 1.60. The summed E-state index contributed by atoms with van der Waals surface area (Å²) < 4.78 is 5.14. The summed E-state index contributed by atoms with van der Waals surface area (Å²) in [6.45, 7) is 1.97. The van der Waals surface area contributed by atoms with Crippen molar-refractivity contribution < 1.29 is 14.6 Å². The highest BCUT2D eigenvalue weighted by molar-refractivity contribution is 5.69. The van der Waals surface area contributed by atoms with Gasteiger partial charge in [0.25, 0.3) is 0 Å². The van der Waals surface area contributed by atoms with Gasteiger partial charge < -0.3 is 15.2 Å². The molecular formula is C17H25NO3. The first-order valence-corrected chi connectivity index (χ1v) is 7.75. The number of nitrogens with one attached hydrogen (secondary N) is 1. The molecule has 0 aliphatic heterocycles. The molecule has 0 bridgehead atoms. The summed E-state index contributed by atoms with van der Waals surface area (Å²) in [5.41, 5.74) is 1.30. The number of methoxy groups -OCH3 is 1. The molecule has 2 N–H and O–H groups in total. The molecule has 0 heterocycles. The van der Waals surface area contributed by atoms with E-state index in [1.54, 1.807) is 7.11 Å². The van der Waals surface area contributed by atoms with Gasteiger partial charge in [0.15, 0.2) is 0 Å². The van der Waals surface area contributed by atoms with Crippen molar-refractivity contribution in [3.63, 3.8) is 0 Å². The van der Waals surface area contributed by atoms with Gasteiger partial charge in [0.2, 0.25) is 0 Å². The lowest BCUT2D eigenvalue weighted by Gasteiger charge is -2.26. The number of hydrogen-bond acceptors (Lipinski definition) is 3. The van der Waals surface area contributed by atoms with Gasteiger partial charge in [0, 0.05) is 0 Å². The lowest BCUT2D eigenvalue weighted by molar-refractivity contribution is -0.143. The number of rotatable bonds is 7. The van der Waals surface area contributed by atoms with Gasteiger partial charge in [-0.1, -0.05) is 12.1 Å². The summed E-state index contributed by atoms with van der Waals surface area (Å²) in [6, 6.07) is 8.17. The van der Waals surface area contributed by atoms with Crippen LogP contribution in [0.5, 0.6) is 5.75 Å². The minimum absolute atomic E-state index is 0.111. The summed E-state index contributed by atoms with van der Waals surface area (Å²) >= 11 is 0. The van der Waals surface area contributed by atoms with Crippen LogP contribution in [0.4, 0.5) is 0 Å². The Bertz CT molecular complexity index is 436. The van der Waals surface area contributed by atoms with Crippen molar-refractivity contribution in [1.82, 2.24) is 5.32 Å². The van der Waals surface area contributed by atoms with Gasteiger partial charge in [-0.2, -0.15) is 0 Å². The Morgan fingerprint density at radius 1 is 1.24 bits per heavy atom. The van der Waals surface area contributed by atoms with Crippen LogP contribution in [-0.4, -0.2) is 31.3 Å². The van der Waals surface area contributed by atoms with Crippen molar-refractivity contribution in [2.45, 2.75) is 32.1 Å². The van der Waals surface area contributed by atoms with Crippen molar-refractivity contribution in [2.24, 2.45) is 11.8 Å². The van der Waals surface area contributed by atoms with E-state index in [9.17, 15) is 4.79 Å². The number of benzene rings is 1. The number of ether oxygens (including phenoxy) is 1. The van der Waals surface area contributed by atoms with E-state index in [4.69, 9.17) is 9.84 Å². The van der Waals surface area contributed by atoms with Gasteiger partial charge in [0.1, 0.15) is 5.75 Å². The largest absolute Gasteiger partial charge is 0.497 e. The lowest BCUT2D eigenvalue weighted by Crippen LogP contribution is -2.29. The van der Waals surface area contributed by atoms with Gasteiger partial charge in [0.05, 0.1) is 13.0 Å². The molecule has 0 amide bonds. The van der Waals surface area contributed by atoms with Crippen LogP contribution in [-0.2, 0) is 11.2 Å². The Morgan fingerprint density at radius 3 is 2.48 bits per heavy atom. The number of aliphatic carboxylic acids is 1. The fraction of sp³-hybridized carbons (Fsp3) is 0.588. The quantitative estimate of drug-likeness (QED) is 0.758. The van der Waals surface area contributed by atoms with E-state index in [1.165, 1.54) is 5.56 Å². The first-order chi connectivity index (χ1) is 10.2. The molecule has 4 nitrogen and oxygen atoms in total. The van der Waals surface area contributed by atoms with Gasteiger partial charge in [-0.15, -0.1) is 0 Å². The van der Waals surface area contributed by atoms with Crippen molar-refractivity contribution in [2.75, 3.05) is 20.2 Å². The second-order valence-electron chi connectivity index (χ2n) is 5.86. The molecule has 1 aromatic rings. The normalized spacial score (nSPS) is 22.0. The molecule has 0 saturated heterocycles.